The summed E-state index contributed by atoms with van der Waals surface area (Å²) in [5, 5.41) is 14.0. The third-order valence-electron chi connectivity index (χ3n) is 10.8. The average Bonchev–Trinajstić information content (AvgIpc) is 3.87. The Balaban J connectivity index is 1.08. The number of hydrogen-bond donors (Lipinski definition) is 2. The molecule has 2 N–H and O–H groups in total. The molecule has 1 aliphatic heterocycles. The van der Waals surface area contributed by atoms with Crippen molar-refractivity contribution in [3.63, 3.8) is 0 Å². The van der Waals surface area contributed by atoms with Crippen LogP contribution in [-0.2, 0) is 29.1 Å². The van der Waals surface area contributed by atoms with Crippen molar-refractivity contribution >= 4 is 35.0 Å². The van der Waals surface area contributed by atoms with Gasteiger partial charge in [-0.05, 0) is 66.5 Å². The molecule has 2 aromatic heterocycles. The number of aromatic nitrogens is 2. The first-order chi connectivity index (χ1) is 25.6. The lowest BCUT2D eigenvalue weighted by molar-refractivity contribution is -0.142. The largest absolute Gasteiger partial charge is 0.481 e. The molecule has 0 unspecified atom stereocenters. The number of nitrogens with one attached hydrogen (secondary N) is 1. The summed E-state index contributed by atoms with van der Waals surface area (Å²) in [5.41, 5.74) is 7.39. The summed E-state index contributed by atoms with van der Waals surface area (Å²) in [5.74, 6) is 0.845. The molecular formula is C41H44Cl2N4O6. The van der Waals surface area contributed by atoms with Gasteiger partial charge in [-0.3, -0.25) is 14.5 Å². The molecule has 3 aliphatic rings. The van der Waals surface area contributed by atoms with E-state index >= 15 is 0 Å². The standard InChI is InChI=1S/C41H44Cl2N4O6/c1-23-20-47(22-33(23)41(49)50)21-26-17-34(42)40(46-39(26)52-3)53-36-15-13-29-28(6-4-7-30(29)36)31-8-5-9-32(37(31)43)35-14-11-25(38(45-35)51-2)19-44-18-24-10-12-27(48)16-24/h4-9,11,14,17,23-24,33,36,44H,10,12-13,15-16,18-22H2,1-3H3,(H,49,50)/t23-,24-,33-,36+/m1/s1. The van der Waals surface area contributed by atoms with Crippen LogP contribution in [0.4, 0.5) is 0 Å². The molecule has 2 aliphatic carbocycles. The van der Waals surface area contributed by atoms with Gasteiger partial charge in [0, 0.05) is 61.3 Å². The fraction of sp³-hybridized carbons (Fsp3) is 0.415. The molecule has 0 bridgehead atoms. The summed E-state index contributed by atoms with van der Waals surface area (Å²) in [6.07, 6.45) is 3.53. The van der Waals surface area contributed by atoms with E-state index in [2.05, 4.69) is 27.3 Å². The first-order valence-electron chi connectivity index (χ1n) is 18.2. The van der Waals surface area contributed by atoms with Gasteiger partial charge in [0.15, 0.2) is 0 Å². The number of Topliss-reactive ketones (excluding diaryl/α,β-unsaturated/α-hetero) is 1. The molecule has 10 nitrogen and oxygen atoms in total. The Bertz CT molecular complexity index is 2020. The highest BCUT2D eigenvalue weighted by Gasteiger charge is 2.35. The number of hydrogen-bond acceptors (Lipinski definition) is 9. The number of carbonyl (C=O) groups is 2. The maximum Gasteiger partial charge on any atom is 0.308 e. The van der Waals surface area contributed by atoms with Crippen molar-refractivity contribution in [2.75, 3.05) is 33.9 Å². The van der Waals surface area contributed by atoms with Crippen molar-refractivity contribution in [3.8, 4) is 40.0 Å². The molecule has 0 radical (unpaired) electrons. The summed E-state index contributed by atoms with van der Waals surface area (Å²) in [6, 6.07) is 18.0. The van der Waals surface area contributed by atoms with E-state index in [1.807, 2.05) is 49.4 Å². The Morgan fingerprint density at radius 2 is 1.68 bits per heavy atom. The van der Waals surface area contributed by atoms with Crippen LogP contribution in [0.25, 0.3) is 22.4 Å². The number of likely N-dealkylation sites (tertiary alicyclic amines) is 1. The Morgan fingerprint density at radius 1 is 0.925 bits per heavy atom. The second-order valence-corrected chi connectivity index (χ2v) is 15.2. The number of carboxylic acids is 1. The number of fused-ring (bicyclic) bond motifs is 1. The van der Waals surface area contributed by atoms with Crippen LogP contribution in [0.1, 0.15) is 61.0 Å². The molecular weight excluding hydrogens is 715 g/mol. The zero-order valence-electron chi connectivity index (χ0n) is 30.2. The van der Waals surface area contributed by atoms with Gasteiger partial charge in [0.25, 0.3) is 0 Å². The normalized spacial score (nSPS) is 21.2. The van der Waals surface area contributed by atoms with Gasteiger partial charge in [-0.1, -0.05) is 72.6 Å². The lowest BCUT2D eigenvalue weighted by atomic mass is 9.94. The molecule has 3 heterocycles. The van der Waals surface area contributed by atoms with Gasteiger partial charge in [-0.25, -0.2) is 4.98 Å². The predicted molar refractivity (Wildman–Crippen MR) is 204 cm³/mol. The van der Waals surface area contributed by atoms with Gasteiger partial charge in [-0.15, -0.1) is 0 Å². The maximum atomic E-state index is 11.6. The SMILES string of the molecule is COc1nc(-c2cccc(-c3cccc4c3CC[C@@H]4Oc3nc(OC)c(CN4C[C@@H](C)[C@H](C(=O)O)C4)cc3Cl)c2Cl)ccc1CNC[C@@H]1CCC(=O)C1. The maximum absolute atomic E-state index is 11.6. The smallest absolute Gasteiger partial charge is 0.308 e. The minimum absolute atomic E-state index is 0.0514. The van der Waals surface area contributed by atoms with Gasteiger partial charge >= 0.3 is 5.97 Å². The number of methoxy groups -OCH3 is 2. The number of halogens is 2. The number of aliphatic carboxylic acids is 1. The van der Waals surface area contributed by atoms with Crippen molar-refractivity contribution in [1.29, 1.82) is 0 Å². The third-order valence-corrected chi connectivity index (χ3v) is 11.5. The molecule has 4 atom stereocenters. The van der Waals surface area contributed by atoms with Crippen LogP contribution < -0.4 is 19.5 Å². The molecule has 2 fully saturated rings. The van der Waals surface area contributed by atoms with Crippen molar-refractivity contribution in [2.24, 2.45) is 17.8 Å². The van der Waals surface area contributed by atoms with E-state index in [0.717, 1.165) is 64.8 Å². The minimum atomic E-state index is -0.774. The van der Waals surface area contributed by atoms with Crippen molar-refractivity contribution in [2.45, 2.75) is 58.2 Å². The fourth-order valence-electron chi connectivity index (χ4n) is 8.10. The van der Waals surface area contributed by atoms with Gasteiger partial charge in [0.1, 0.15) is 16.9 Å². The zero-order valence-corrected chi connectivity index (χ0v) is 31.7. The molecule has 1 saturated heterocycles. The summed E-state index contributed by atoms with van der Waals surface area (Å²) in [6.45, 7) is 4.96. The highest BCUT2D eigenvalue weighted by molar-refractivity contribution is 6.36. The van der Waals surface area contributed by atoms with Crippen molar-refractivity contribution in [1.82, 2.24) is 20.2 Å². The van der Waals surface area contributed by atoms with E-state index in [0.29, 0.717) is 84.1 Å². The van der Waals surface area contributed by atoms with Crippen LogP contribution in [0.2, 0.25) is 10.0 Å². The lowest BCUT2D eigenvalue weighted by Gasteiger charge is -2.20. The van der Waals surface area contributed by atoms with Crippen LogP contribution in [0.15, 0.2) is 54.6 Å². The molecule has 12 heteroatoms. The van der Waals surface area contributed by atoms with Crippen molar-refractivity contribution in [3.05, 3.63) is 86.9 Å². The number of ether oxygens (including phenoxy) is 3. The number of carboxylic acid groups (broad SMARTS) is 1. The quantitative estimate of drug-likeness (QED) is 0.140. The van der Waals surface area contributed by atoms with Crippen LogP contribution in [0, 0.1) is 17.8 Å². The molecule has 1 saturated carbocycles. The fourth-order valence-corrected chi connectivity index (χ4v) is 8.64. The first-order valence-corrected chi connectivity index (χ1v) is 18.9. The molecule has 53 heavy (non-hydrogen) atoms. The van der Waals surface area contributed by atoms with Crippen LogP contribution in [0.5, 0.6) is 17.6 Å². The molecule has 0 amide bonds. The summed E-state index contributed by atoms with van der Waals surface area (Å²) < 4.78 is 17.8. The molecule has 4 aromatic rings. The number of nitrogens with zero attached hydrogens (tertiary/aromatic N) is 3. The zero-order chi connectivity index (χ0) is 37.2. The van der Waals surface area contributed by atoms with Crippen LogP contribution in [0.3, 0.4) is 0 Å². The highest BCUT2D eigenvalue weighted by Crippen LogP contribution is 2.45. The van der Waals surface area contributed by atoms with Gasteiger partial charge in [0.05, 0.1) is 30.9 Å². The minimum Gasteiger partial charge on any atom is -0.481 e. The summed E-state index contributed by atoms with van der Waals surface area (Å²) >= 11 is 14.0. The molecule has 278 valence electrons. The van der Waals surface area contributed by atoms with E-state index in [1.54, 1.807) is 14.2 Å². The summed E-state index contributed by atoms with van der Waals surface area (Å²) in [4.78, 5) is 34.9. The number of benzene rings is 2. The Hall–Kier alpha value is -4.22. The number of carbonyl (C=O) groups excluding carboxylic acids is 1. The van der Waals surface area contributed by atoms with Gasteiger partial charge in [-0.2, -0.15) is 4.98 Å². The third kappa shape index (κ3) is 7.87. The average molecular weight is 760 g/mol. The lowest BCUT2D eigenvalue weighted by Crippen LogP contribution is -2.23. The molecule has 2 aromatic carbocycles. The van der Waals surface area contributed by atoms with E-state index in [9.17, 15) is 14.7 Å². The number of pyridine rings is 2. The van der Waals surface area contributed by atoms with E-state index in [-0.39, 0.29) is 12.0 Å². The Kier molecular flexibility index (Phi) is 11.2. The van der Waals surface area contributed by atoms with E-state index in [1.165, 1.54) is 0 Å². The monoisotopic (exact) mass is 758 g/mol. The van der Waals surface area contributed by atoms with Gasteiger partial charge in [0.2, 0.25) is 17.6 Å². The topological polar surface area (TPSA) is 123 Å². The Morgan fingerprint density at radius 3 is 2.42 bits per heavy atom. The second-order valence-electron chi connectivity index (χ2n) is 14.4. The Labute approximate surface area is 319 Å². The van der Waals surface area contributed by atoms with Crippen LogP contribution in [-0.4, -0.2) is 65.6 Å². The number of rotatable bonds is 13. The molecule has 0 spiro atoms. The first kappa shape index (κ1) is 37.1. The van der Waals surface area contributed by atoms with E-state index in [4.69, 9.17) is 42.4 Å². The molecule has 7 rings (SSSR count). The second kappa shape index (κ2) is 16.0. The summed E-state index contributed by atoms with van der Waals surface area (Å²) in [7, 11) is 3.18. The van der Waals surface area contributed by atoms with Crippen LogP contribution >= 0.6 is 23.2 Å². The van der Waals surface area contributed by atoms with Gasteiger partial charge < -0.3 is 24.6 Å². The van der Waals surface area contributed by atoms with Crippen molar-refractivity contribution < 1.29 is 28.9 Å². The predicted octanol–water partition coefficient (Wildman–Crippen LogP) is 7.81. The highest BCUT2D eigenvalue weighted by atomic mass is 35.5. The van der Waals surface area contributed by atoms with E-state index < -0.39 is 11.9 Å². The number of ketones is 1.